The number of likely N-dealkylation sites (N-methyl/N-ethyl adjacent to an activating group) is 2. The third-order valence-corrected chi connectivity index (χ3v) is 3.45. The molecule has 0 aromatic carbocycles. The summed E-state index contributed by atoms with van der Waals surface area (Å²) in [4.78, 5) is 16.5. The SMILES string of the molecule is CN1CCCC(N(C)CC(=O)C(C)(C)C)C1. The normalized spacial score (nSPS) is 23.8. The van der Waals surface area contributed by atoms with Crippen LogP contribution in [0.2, 0.25) is 0 Å². The van der Waals surface area contributed by atoms with Crippen LogP contribution in [0.4, 0.5) is 0 Å². The molecule has 1 aliphatic heterocycles. The van der Waals surface area contributed by atoms with Gasteiger partial charge in [0.15, 0.2) is 5.78 Å². The molecule has 1 rings (SSSR count). The molecule has 1 fully saturated rings. The van der Waals surface area contributed by atoms with Gasteiger partial charge in [0.2, 0.25) is 0 Å². The van der Waals surface area contributed by atoms with Crippen molar-refractivity contribution in [1.29, 1.82) is 0 Å². The molecular formula is C13H26N2O. The van der Waals surface area contributed by atoms with E-state index < -0.39 is 0 Å². The summed E-state index contributed by atoms with van der Waals surface area (Å²) >= 11 is 0. The van der Waals surface area contributed by atoms with Gasteiger partial charge in [0.1, 0.15) is 0 Å². The van der Waals surface area contributed by atoms with Crippen LogP contribution in [0, 0.1) is 5.41 Å². The molecule has 1 heterocycles. The van der Waals surface area contributed by atoms with E-state index >= 15 is 0 Å². The smallest absolute Gasteiger partial charge is 0.152 e. The minimum atomic E-state index is -0.213. The van der Waals surface area contributed by atoms with Gasteiger partial charge < -0.3 is 4.90 Å². The highest BCUT2D eigenvalue weighted by Crippen LogP contribution is 2.18. The number of hydrogen-bond donors (Lipinski definition) is 0. The number of nitrogens with zero attached hydrogens (tertiary/aromatic N) is 2. The molecule has 0 aromatic heterocycles. The maximum absolute atomic E-state index is 11.9. The molecule has 3 nitrogen and oxygen atoms in total. The van der Waals surface area contributed by atoms with Crippen LogP contribution in [0.15, 0.2) is 0 Å². The molecule has 1 atom stereocenters. The number of rotatable bonds is 3. The minimum Gasteiger partial charge on any atom is -0.305 e. The number of hydrogen-bond acceptors (Lipinski definition) is 3. The van der Waals surface area contributed by atoms with Gasteiger partial charge in [0.25, 0.3) is 0 Å². The Balaban J connectivity index is 2.45. The Morgan fingerprint density at radius 2 is 2.06 bits per heavy atom. The average molecular weight is 226 g/mol. The Hall–Kier alpha value is -0.410. The summed E-state index contributed by atoms with van der Waals surface area (Å²) in [6.07, 6.45) is 2.47. The molecule has 0 aromatic rings. The molecule has 0 spiro atoms. The van der Waals surface area contributed by atoms with Crippen LogP contribution in [0.3, 0.4) is 0 Å². The minimum absolute atomic E-state index is 0.213. The molecule has 0 saturated carbocycles. The molecule has 0 aliphatic carbocycles. The van der Waals surface area contributed by atoms with Gasteiger partial charge in [-0.3, -0.25) is 9.69 Å². The fourth-order valence-corrected chi connectivity index (χ4v) is 2.09. The fraction of sp³-hybridized carbons (Fsp3) is 0.923. The second-order valence-electron chi connectivity index (χ2n) is 6.15. The highest BCUT2D eigenvalue weighted by atomic mass is 16.1. The zero-order valence-electron chi connectivity index (χ0n) is 11.4. The molecule has 3 heteroatoms. The van der Waals surface area contributed by atoms with E-state index in [0.717, 1.165) is 6.54 Å². The van der Waals surface area contributed by atoms with Crippen LogP contribution < -0.4 is 0 Å². The molecule has 1 saturated heterocycles. The number of carbonyl (C=O) groups excluding carboxylic acids is 1. The second-order valence-corrected chi connectivity index (χ2v) is 6.15. The van der Waals surface area contributed by atoms with E-state index in [0.29, 0.717) is 18.4 Å². The monoisotopic (exact) mass is 226 g/mol. The summed E-state index contributed by atoms with van der Waals surface area (Å²) < 4.78 is 0. The first-order valence-corrected chi connectivity index (χ1v) is 6.23. The zero-order chi connectivity index (χ0) is 12.3. The quantitative estimate of drug-likeness (QED) is 0.731. The summed E-state index contributed by atoms with van der Waals surface area (Å²) in [5.74, 6) is 0.336. The molecule has 94 valence electrons. The first kappa shape index (κ1) is 13.7. The lowest BCUT2D eigenvalue weighted by atomic mass is 9.90. The van der Waals surface area contributed by atoms with E-state index in [4.69, 9.17) is 0 Å². The van der Waals surface area contributed by atoms with Gasteiger partial charge in [-0.25, -0.2) is 0 Å². The molecular weight excluding hydrogens is 200 g/mol. The Kier molecular flexibility index (Phi) is 4.51. The van der Waals surface area contributed by atoms with Crippen molar-refractivity contribution in [3.63, 3.8) is 0 Å². The van der Waals surface area contributed by atoms with Crippen molar-refractivity contribution in [2.24, 2.45) is 5.41 Å². The van der Waals surface area contributed by atoms with Gasteiger partial charge in [0, 0.05) is 18.0 Å². The van der Waals surface area contributed by atoms with E-state index in [-0.39, 0.29) is 5.41 Å². The lowest BCUT2D eigenvalue weighted by Gasteiger charge is -2.36. The lowest BCUT2D eigenvalue weighted by Crippen LogP contribution is -2.47. The van der Waals surface area contributed by atoms with Gasteiger partial charge in [-0.05, 0) is 33.5 Å². The second kappa shape index (κ2) is 5.28. The standard InChI is InChI=1S/C13H26N2O/c1-13(2,3)12(16)10-15(5)11-7-6-8-14(4)9-11/h11H,6-10H2,1-5H3. The molecule has 16 heavy (non-hydrogen) atoms. The highest BCUT2D eigenvalue weighted by Gasteiger charge is 2.26. The summed E-state index contributed by atoms with van der Waals surface area (Å²) in [5.41, 5.74) is -0.213. The topological polar surface area (TPSA) is 23.6 Å². The number of piperidine rings is 1. The predicted octanol–water partition coefficient (Wildman–Crippen LogP) is 1.63. The molecule has 0 N–H and O–H groups in total. The summed E-state index contributed by atoms with van der Waals surface area (Å²) in [5, 5.41) is 0. The van der Waals surface area contributed by atoms with Crippen molar-refractivity contribution in [2.75, 3.05) is 33.7 Å². The van der Waals surface area contributed by atoms with Crippen LogP contribution in [0.1, 0.15) is 33.6 Å². The largest absolute Gasteiger partial charge is 0.305 e. The van der Waals surface area contributed by atoms with Crippen molar-refractivity contribution in [2.45, 2.75) is 39.7 Å². The number of ketones is 1. The van der Waals surface area contributed by atoms with Crippen molar-refractivity contribution in [3.05, 3.63) is 0 Å². The lowest BCUT2D eigenvalue weighted by molar-refractivity contribution is -0.127. The zero-order valence-corrected chi connectivity index (χ0v) is 11.4. The van der Waals surface area contributed by atoms with Crippen molar-refractivity contribution < 1.29 is 4.79 Å². The maximum Gasteiger partial charge on any atom is 0.152 e. The number of carbonyl (C=O) groups is 1. The number of likely N-dealkylation sites (tertiary alicyclic amines) is 1. The first-order chi connectivity index (χ1) is 7.30. The Morgan fingerprint density at radius 3 is 2.56 bits per heavy atom. The van der Waals surface area contributed by atoms with Gasteiger partial charge in [0.05, 0.1) is 6.54 Å². The summed E-state index contributed by atoms with van der Waals surface area (Å²) in [6.45, 7) is 8.86. The molecule has 0 bridgehead atoms. The fourth-order valence-electron chi connectivity index (χ4n) is 2.09. The van der Waals surface area contributed by atoms with E-state index in [2.05, 4.69) is 23.9 Å². The van der Waals surface area contributed by atoms with Gasteiger partial charge in [-0.2, -0.15) is 0 Å². The highest BCUT2D eigenvalue weighted by molar-refractivity contribution is 5.85. The Labute approximate surface area is 99.8 Å². The van der Waals surface area contributed by atoms with Crippen molar-refractivity contribution in [3.8, 4) is 0 Å². The van der Waals surface area contributed by atoms with E-state index in [1.54, 1.807) is 0 Å². The first-order valence-electron chi connectivity index (χ1n) is 6.23. The summed E-state index contributed by atoms with van der Waals surface area (Å²) in [6, 6.07) is 0.546. The van der Waals surface area contributed by atoms with Crippen molar-refractivity contribution in [1.82, 2.24) is 9.80 Å². The maximum atomic E-state index is 11.9. The third-order valence-electron chi connectivity index (χ3n) is 3.45. The van der Waals surface area contributed by atoms with Gasteiger partial charge in [-0.15, -0.1) is 0 Å². The van der Waals surface area contributed by atoms with Crippen LogP contribution in [-0.4, -0.2) is 55.4 Å². The molecule has 0 amide bonds. The number of Topliss-reactive ketones (excluding diaryl/α,β-unsaturated/α-hetero) is 1. The molecule has 1 aliphatic rings. The van der Waals surface area contributed by atoms with E-state index in [9.17, 15) is 4.79 Å². The van der Waals surface area contributed by atoms with Gasteiger partial charge in [-0.1, -0.05) is 20.8 Å². The molecule has 0 radical (unpaired) electrons. The van der Waals surface area contributed by atoms with Crippen molar-refractivity contribution >= 4 is 5.78 Å². The van der Waals surface area contributed by atoms with Gasteiger partial charge >= 0.3 is 0 Å². The average Bonchev–Trinajstić information content (AvgIpc) is 2.16. The van der Waals surface area contributed by atoms with Crippen LogP contribution in [-0.2, 0) is 4.79 Å². The third kappa shape index (κ3) is 3.87. The van der Waals surface area contributed by atoms with E-state index in [1.165, 1.54) is 19.4 Å². The molecule has 1 unspecified atom stereocenters. The predicted molar refractivity (Wildman–Crippen MR) is 67.6 cm³/mol. The Morgan fingerprint density at radius 1 is 1.44 bits per heavy atom. The Bertz CT molecular complexity index is 245. The van der Waals surface area contributed by atoms with Crippen LogP contribution >= 0.6 is 0 Å². The summed E-state index contributed by atoms with van der Waals surface area (Å²) in [7, 11) is 4.24. The van der Waals surface area contributed by atoms with Crippen LogP contribution in [0.5, 0.6) is 0 Å². The van der Waals surface area contributed by atoms with Crippen LogP contribution in [0.25, 0.3) is 0 Å². The van der Waals surface area contributed by atoms with E-state index in [1.807, 2.05) is 20.8 Å².